The summed E-state index contributed by atoms with van der Waals surface area (Å²) in [5.41, 5.74) is 15.5. The van der Waals surface area contributed by atoms with Crippen molar-refractivity contribution in [1.82, 2.24) is 9.97 Å². The van der Waals surface area contributed by atoms with Crippen LogP contribution in [0, 0.1) is 0 Å². The highest BCUT2D eigenvalue weighted by Crippen LogP contribution is 2.62. The van der Waals surface area contributed by atoms with Crippen molar-refractivity contribution in [1.29, 1.82) is 0 Å². The van der Waals surface area contributed by atoms with Gasteiger partial charge >= 0.3 is 0 Å². The van der Waals surface area contributed by atoms with Gasteiger partial charge in [-0.25, -0.2) is 9.97 Å². The monoisotopic (exact) mass is 596 g/mol. The second-order valence-corrected chi connectivity index (χ2v) is 12.5. The Labute approximate surface area is 273 Å². The van der Waals surface area contributed by atoms with Crippen LogP contribution < -0.4 is 0 Å². The Morgan fingerprint density at radius 3 is 1.72 bits per heavy atom. The zero-order chi connectivity index (χ0) is 31.0. The van der Waals surface area contributed by atoms with E-state index in [1.165, 1.54) is 66.4 Å². The van der Waals surface area contributed by atoms with Crippen LogP contribution in [-0.2, 0) is 5.41 Å². The number of hydrogen-bond acceptors (Lipinski definition) is 2. The summed E-state index contributed by atoms with van der Waals surface area (Å²) in [5.74, 6) is 0.731. The first-order valence-electron chi connectivity index (χ1n) is 16.2. The lowest BCUT2D eigenvalue weighted by Gasteiger charge is -2.35. The van der Waals surface area contributed by atoms with E-state index in [4.69, 9.17) is 9.97 Å². The minimum Gasteiger partial charge on any atom is -0.236 e. The molecule has 1 unspecified atom stereocenters. The lowest BCUT2D eigenvalue weighted by atomic mass is 9.65. The normalized spacial score (nSPS) is 15.3. The number of benzene rings is 7. The molecule has 0 aliphatic heterocycles. The molecule has 1 aromatic heterocycles. The van der Waals surface area contributed by atoms with Crippen molar-refractivity contribution >= 4 is 10.8 Å². The van der Waals surface area contributed by atoms with E-state index < -0.39 is 5.41 Å². The standard InChI is InChI=1S/C45H28N2/c1-2-13-30(14-3-1)44-46-27-32(28-47-44)31-22-24-37-35-17-7-6-16-34(35)36-18-8-10-20-39(36)45(42(37)26-31)40-21-11-9-19-38(40)43-33-15-5-4-12-29(33)23-25-41(43)45/h1-28H. The van der Waals surface area contributed by atoms with Crippen LogP contribution in [0.4, 0.5) is 0 Å². The average Bonchev–Trinajstić information content (AvgIpc) is 3.41. The Morgan fingerprint density at radius 2 is 0.957 bits per heavy atom. The van der Waals surface area contributed by atoms with E-state index in [1.807, 2.05) is 30.6 Å². The second kappa shape index (κ2) is 9.94. The van der Waals surface area contributed by atoms with Crippen molar-refractivity contribution in [3.8, 4) is 55.9 Å². The molecule has 2 nitrogen and oxygen atoms in total. The van der Waals surface area contributed by atoms with Gasteiger partial charge in [-0.2, -0.15) is 0 Å². The van der Waals surface area contributed by atoms with Crippen LogP contribution in [0.1, 0.15) is 22.3 Å². The van der Waals surface area contributed by atoms with Crippen LogP contribution in [0.2, 0.25) is 0 Å². The highest BCUT2D eigenvalue weighted by atomic mass is 14.9. The van der Waals surface area contributed by atoms with Crippen molar-refractivity contribution in [3.05, 3.63) is 192 Å². The highest BCUT2D eigenvalue weighted by molar-refractivity contribution is 6.06. The van der Waals surface area contributed by atoms with E-state index in [9.17, 15) is 0 Å². The van der Waals surface area contributed by atoms with Crippen molar-refractivity contribution in [2.24, 2.45) is 0 Å². The van der Waals surface area contributed by atoms with Gasteiger partial charge < -0.3 is 0 Å². The van der Waals surface area contributed by atoms with Gasteiger partial charge in [-0.15, -0.1) is 0 Å². The fourth-order valence-electron chi connectivity index (χ4n) is 8.25. The van der Waals surface area contributed by atoms with Crippen LogP contribution in [0.5, 0.6) is 0 Å². The number of aromatic nitrogens is 2. The van der Waals surface area contributed by atoms with Crippen LogP contribution in [0.15, 0.2) is 170 Å². The third kappa shape index (κ3) is 3.61. The van der Waals surface area contributed by atoms with Crippen molar-refractivity contribution < 1.29 is 0 Å². The first-order chi connectivity index (χ1) is 23.3. The smallest absolute Gasteiger partial charge is 0.159 e. The molecular weight excluding hydrogens is 569 g/mol. The zero-order valence-corrected chi connectivity index (χ0v) is 25.6. The minimum atomic E-state index is -0.540. The van der Waals surface area contributed by atoms with Gasteiger partial charge in [0.25, 0.3) is 0 Å². The number of rotatable bonds is 2. The summed E-state index contributed by atoms with van der Waals surface area (Å²) in [7, 11) is 0. The van der Waals surface area contributed by atoms with E-state index in [0.29, 0.717) is 0 Å². The summed E-state index contributed by atoms with van der Waals surface area (Å²) in [6.07, 6.45) is 3.93. The Balaban J connectivity index is 1.33. The molecule has 7 aromatic carbocycles. The highest BCUT2D eigenvalue weighted by Gasteiger charge is 2.50. The summed E-state index contributed by atoms with van der Waals surface area (Å²) in [6, 6.07) is 57.6. The number of hydrogen-bond donors (Lipinski definition) is 0. The topological polar surface area (TPSA) is 25.8 Å². The third-order valence-electron chi connectivity index (χ3n) is 10.2. The fourth-order valence-corrected chi connectivity index (χ4v) is 8.25. The molecule has 0 amide bonds. The zero-order valence-electron chi connectivity index (χ0n) is 25.6. The summed E-state index contributed by atoms with van der Waals surface area (Å²) < 4.78 is 0. The number of fused-ring (bicyclic) bond motifs is 14. The maximum absolute atomic E-state index is 4.81. The van der Waals surface area contributed by atoms with Gasteiger partial charge in [-0.05, 0) is 78.0 Å². The van der Waals surface area contributed by atoms with Crippen LogP contribution in [0.3, 0.4) is 0 Å². The molecule has 0 N–H and O–H groups in total. The van der Waals surface area contributed by atoms with E-state index in [-0.39, 0.29) is 0 Å². The molecule has 0 fully saturated rings. The van der Waals surface area contributed by atoms with Crippen LogP contribution in [0.25, 0.3) is 66.7 Å². The van der Waals surface area contributed by atoms with Crippen molar-refractivity contribution in [2.75, 3.05) is 0 Å². The van der Waals surface area contributed by atoms with Crippen LogP contribution in [-0.4, -0.2) is 9.97 Å². The van der Waals surface area contributed by atoms with Crippen molar-refractivity contribution in [2.45, 2.75) is 5.41 Å². The SMILES string of the molecule is c1ccc(-c2ncc(-c3ccc4c(c3)C3(c5ccccc5-c5ccccc5-4)c4ccccc4-c4c3ccc3ccccc43)cn2)cc1. The lowest BCUT2D eigenvalue weighted by Crippen LogP contribution is -2.29. The minimum absolute atomic E-state index is 0.540. The fraction of sp³-hybridized carbons (Fsp3) is 0.0222. The number of nitrogens with zero attached hydrogens (tertiary/aromatic N) is 2. The first kappa shape index (κ1) is 26.1. The largest absolute Gasteiger partial charge is 0.236 e. The molecule has 0 bridgehead atoms. The predicted molar refractivity (Wildman–Crippen MR) is 192 cm³/mol. The second-order valence-electron chi connectivity index (χ2n) is 12.5. The van der Waals surface area contributed by atoms with Gasteiger partial charge in [-0.3, -0.25) is 0 Å². The molecule has 10 rings (SSSR count). The average molecular weight is 597 g/mol. The Bertz CT molecular complexity index is 2510. The molecule has 1 heterocycles. The quantitative estimate of drug-likeness (QED) is 0.198. The van der Waals surface area contributed by atoms with Crippen LogP contribution >= 0.6 is 0 Å². The molecule has 0 radical (unpaired) electrons. The van der Waals surface area contributed by atoms with Gasteiger partial charge in [0.15, 0.2) is 5.82 Å². The van der Waals surface area contributed by atoms with E-state index in [1.54, 1.807) is 0 Å². The first-order valence-corrected chi connectivity index (χ1v) is 16.2. The molecule has 8 aromatic rings. The van der Waals surface area contributed by atoms with E-state index >= 15 is 0 Å². The molecule has 47 heavy (non-hydrogen) atoms. The van der Waals surface area contributed by atoms with Gasteiger partial charge in [0, 0.05) is 23.5 Å². The molecule has 1 atom stereocenters. The van der Waals surface area contributed by atoms with Gasteiger partial charge in [0.05, 0.1) is 5.41 Å². The maximum Gasteiger partial charge on any atom is 0.159 e. The molecule has 2 aliphatic carbocycles. The molecular formula is C45H28N2. The summed E-state index contributed by atoms with van der Waals surface area (Å²) in [4.78, 5) is 9.62. The Hall–Kier alpha value is -6.12. The van der Waals surface area contributed by atoms with Gasteiger partial charge in [0.1, 0.15) is 0 Å². The maximum atomic E-state index is 4.81. The lowest BCUT2D eigenvalue weighted by molar-refractivity contribution is 0.776. The molecule has 218 valence electrons. The van der Waals surface area contributed by atoms with E-state index in [0.717, 1.165) is 22.5 Å². The molecule has 0 saturated heterocycles. The summed E-state index contributed by atoms with van der Waals surface area (Å²) >= 11 is 0. The molecule has 1 spiro atoms. The Kier molecular flexibility index (Phi) is 5.53. The molecule has 0 saturated carbocycles. The van der Waals surface area contributed by atoms with Gasteiger partial charge in [0.2, 0.25) is 0 Å². The molecule has 2 heteroatoms. The predicted octanol–water partition coefficient (Wildman–Crippen LogP) is 11.0. The summed E-state index contributed by atoms with van der Waals surface area (Å²) in [5, 5.41) is 2.55. The Morgan fingerprint density at radius 1 is 0.362 bits per heavy atom. The third-order valence-corrected chi connectivity index (χ3v) is 10.2. The molecule has 2 aliphatic rings. The van der Waals surface area contributed by atoms with E-state index in [2.05, 4.69) is 140 Å². The van der Waals surface area contributed by atoms with Gasteiger partial charge in [-0.1, -0.05) is 152 Å². The summed E-state index contributed by atoms with van der Waals surface area (Å²) in [6.45, 7) is 0. The van der Waals surface area contributed by atoms with Crippen molar-refractivity contribution in [3.63, 3.8) is 0 Å².